The molecule has 8 heteroatoms. The molecule has 2 amide bonds. The molecular formula is C26H36F3N3O2. The van der Waals surface area contributed by atoms with Crippen molar-refractivity contribution in [1.82, 2.24) is 14.7 Å². The zero-order valence-electron chi connectivity index (χ0n) is 20.5. The molecule has 1 aromatic rings. The van der Waals surface area contributed by atoms with Gasteiger partial charge in [-0.2, -0.15) is 13.2 Å². The molecule has 0 unspecified atom stereocenters. The molecule has 2 aliphatic heterocycles. The molecule has 0 radical (unpaired) electrons. The second kappa shape index (κ2) is 9.51. The molecule has 5 nitrogen and oxygen atoms in total. The lowest BCUT2D eigenvalue weighted by Crippen LogP contribution is -2.49. The molecule has 2 atom stereocenters. The molecule has 0 spiro atoms. The van der Waals surface area contributed by atoms with Crippen molar-refractivity contribution < 1.29 is 22.8 Å². The number of halogens is 3. The molecule has 2 fully saturated rings. The maximum atomic E-state index is 13.9. The van der Waals surface area contributed by atoms with Crippen LogP contribution in [-0.4, -0.2) is 59.4 Å². The summed E-state index contributed by atoms with van der Waals surface area (Å²) >= 11 is 0. The van der Waals surface area contributed by atoms with Crippen molar-refractivity contribution in [2.24, 2.45) is 17.3 Å². The summed E-state index contributed by atoms with van der Waals surface area (Å²) in [7, 11) is 0. The number of hydrogen-bond donors (Lipinski definition) is 0. The molecular weight excluding hydrogens is 443 g/mol. The second-order valence-electron chi connectivity index (χ2n) is 10.7. The van der Waals surface area contributed by atoms with Crippen LogP contribution >= 0.6 is 0 Å². The third-order valence-corrected chi connectivity index (χ3v) is 8.25. The molecule has 0 bridgehead atoms. The lowest BCUT2D eigenvalue weighted by atomic mass is 9.73. The monoisotopic (exact) mass is 479 g/mol. The minimum absolute atomic E-state index is 0.0945. The molecule has 34 heavy (non-hydrogen) atoms. The van der Waals surface area contributed by atoms with Gasteiger partial charge in [0.25, 0.3) is 0 Å². The number of alkyl halides is 3. The van der Waals surface area contributed by atoms with Crippen LogP contribution < -0.4 is 0 Å². The SMILES string of the molecule is CC(=O)N1CCCN(C[C@@H]2CC[C@@](C(=O)N3CCc4ccc(C(F)(F)F)cc4C3)(C(C)C)C2)C1. The molecule has 1 aliphatic carbocycles. The second-order valence-corrected chi connectivity index (χ2v) is 10.7. The van der Waals surface area contributed by atoms with Crippen LogP contribution in [-0.2, 0) is 28.7 Å². The lowest BCUT2D eigenvalue weighted by molar-refractivity contribution is -0.146. The van der Waals surface area contributed by atoms with Gasteiger partial charge < -0.3 is 9.80 Å². The number of rotatable bonds is 4. The Morgan fingerprint density at radius 1 is 1.12 bits per heavy atom. The van der Waals surface area contributed by atoms with Crippen LogP contribution in [0.15, 0.2) is 18.2 Å². The van der Waals surface area contributed by atoms with Crippen molar-refractivity contribution in [2.75, 3.05) is 32.8 Å². The summed E-state index contributed by atoms with van der Waals surface area (Å²) in [5, 5.41) is 0. The zero-order valence-corrected chi connectivity index (χ0v) is 20.5. The number of benzene rings is 1. The van der Waals surface area contributed by atoms with Crippen molar-refractivity contribution in [3.05, 3.63) is 34.9 Å². The van der Waals surface area contributed by atoms with Gasteiger partial charge in [-0.25, -0.2) is 0 Å². The minimum Gasteiger partial charge on any atom is -0.338 e. The average molecular weight is 480 g/mol. The summed E-state index contributed by atoms with van der Waals surface area (Å²) in [6.45, 7) is 9.90. The fraction of sp³-hybridized carbons (Fsp3) is 0.692. The number of carbonyl (C=O) groups is 2. The lowest BCUT2D eigenvalue weighted by Gasteiger charge is -2.40. The van der Waals surface area contributed by atoms with Crippen LogP contribution in [0.5, 0.6) is 0 Å². The molecule has 0 aromatic heterocycles. The number of amides is 2. The third-order valence-electron chi connectivity index (χ3n) is 8.25. The molecule has 3 aliphatic rings. The summed E-state index contributed by atoms with van der Waals surface area (Å²) in [6, 6.07) is 3.92. The van der Waals surface area contributed by atoms with E-state index < -0.39 is 17.2 Å². The Balaban J connectivity index is 1.45. The summed E-state index contributed by atoms with van der Waals surface area (Å²) in [6.07, 6.45) is -0.260. The first kappa shape index (κ1) is 25.0. The van der Waals surface area contributed by atoms with Gasteiger partial charge in [-0.15, -0.1) is 0 Å². The van der Waals surface area contributed by atoms with Crippen LogP contribution in [0.25, 0.3) is 0 Å². The van der Waals surface area contributed by atoms with Gasteiger partial charge in [-0.1, -0.05) is 19.9 Å². The van der Waals surface area contributed by atoms with Gasteiger partial charge in [-0.3, -0.25) is 14.5 Å². The Hall–Kier alpha value is -2.09. The Bertz CT molecular complexity index is 932. The van der Waals surface area contributed by atoms with Crippen LogP contribution in [0, 0.1) is 17.3 Å². The van der Waals surface area contributed by atoms with Crippen molar-refractivity contribution in [3.8, 4) is 0 Å². The highest BCUT2D eigenvalue weighted by molar-refractivity contribution is 5.83. The van der Waals surface area contributed by atoms with E-state index in [-0.39, 0.29) is 24.3 Å². The standard InChI is InChI=1S/C26H36F3N3O2/c1-18(2)25(9-7-20(14-25)15-30-10-4-11-32(17-30)19(3)33)24(34)31-12-8-21-5-6-23(26(27,28)29)13-22(21)16-31/h5-6,13,18,20H,4,7-12,14-17H2,1-3H3/t20-,25+/m1/s1. The maximum absolute atomic E-state index is 13.9. The Labute approximate surface area is 200 Å². The van der Waals surface area contributed by atoms with Crippen molar-refractivity contribution in [2.45, 2.75) is 65.6 Å². The van der Waals surface area contributed by atoms with E-state index in [1.54, 1.807) is 17.9 Å². The minimum atomic E-state index is -4.38. The molecule has 4 rings (SSSR count). The fourth-order valence-corrected chi connectivity index (χ4v) is 6.16. The Morgan fingerprint density at radius 3 is 2.56 bits per heavy atom. The van der Waals surface area contributed by atoms with Gasteiger partial charge in [0, 0.05) is 39.6 Å². The first-order valence-electron chi connectivity index (χ1n) is 12.5. The van der Waals surface area contributed by atoms with Gasteiger partial charge in [0.2, 0.25) is 11.8 Å². The highest BCUT2D eigenvalue weighted by Crippen LogP contribution is 2.49. The van der Waals surface area contributed by atoms with E-state index in [1.807, 2.05) is 4.90 Å². The van der Waals surface area contributed by atoms with E-state index in [0.29, 0.717) is 31.1 Å². The zero-order chi connectivity index (χ0) is 24.7. The van der Waals surface area contributed by atoms with E-state index in [9.17, 15) is 22.8 Å². The predicted octanol–water partition coefficient (Wildman–Crippen LogP) is 4.54. The highest BCUT2D eigenvalue weighted by atomic mass is 19.4. The van der Waals surface area contributed by atoms with Crippen molar-refractivity contribution >= 4 is 11.8 Å². The van der Waals surface area contributed by atoms with E-state index in [2.05, 4.69) is 18.7 Å². The first-order valence-corrected chi connectivity index (χ1v) is 12.5. The van der Waals surface area contributed by atoms with E-state index >= 15 is 0 Å². The van der Waals surface area contributed by atoms with Gasteiger partial charge in [0.15, 0.2) is 0 Å². The third kappa shape index (κ3) is 4.97. The average Bonchev–Trinajstić information content (AvgIpc) is 3.22. The Morgan fingerprint density at radius 2 is 1.88 bits per heavy atom. The Kier molecular flexibility index (Phi) is 7.00. The fourth-order valence-electron chi connectivity index (χ4n) is 6.16. The maximum Gasteiger partial charge on any atom is 0.416 e. The van der Waals surface area contributed by atoms with Gasteiger partial charge >= 0.3 is 6.18 Å². The van der Waals surface area contributed by atoms with Crippen LogP contribution in [0.4, 0.5) is 13.2 Å². The van der Waals surface area contributed by atoms with Crippen LogP contribution in [0.2, 0.25) is 0 Å². The summed E-state index contributed by atoms with van der Waals surface area (Å²) < 4.78 is 39.7. The van der Waals surface area contributed by atoms with Crippen LogP contribution in [0.1, 0.15) is 63.1 Å². The molecule has 1 aromatic carbocycles. The van der Waals surface area contributed by atoms with Gasteiger partial charge in [-0.05, 0) is 67.2 Å². The molecule has 188 valence electrons. The molecule has 1 saturated carbocycles. The normalized spacial score (nSPS) is 26.1. The first-order chi connectivity index (χ1) is 16.0. The number of carbonyl (C=O) groups excluding carboxylic acids is 2. The van der Waals surface area contributed by atoms with E-state index in [4.69, 9.17) is 0 Å². The molecule has 1 saturated heterocycles. The topological polar surface area (TPSA) is 43.9 Å². The summed E-state index contributed by atoms with van der Waals surface area (Å²) in [4.78, 5) is 31.7. The van der Waals surface area contributed by atoms with E-state index in [1.165, 1.54) is 6.07 Å². The summed E-state index contributed by atoms with van der Waals surface area (Å²) in [5.74, 6) is 0.731. The number of nitrogens with zero attached hydrogens (tertiary/aromatic N) is 3. The van der Waals surface area contributed by atoms with Gasteiger partial charge in [0.1, 0.15) is 0 Å². The number of fused-ring (bicyclic) bond motifs is 1. The smallest absolute Gasteiger partial charge is 0.338 e. The van der Waals surface area contributed by atoms with Crippen molar-refractivity contribution in [1.29, 1.82) is 0 Å². The quantitative estimate of drug-likeness (QED) is 0.637. The van der Waals surface area contributed by atoms with Crippen LogP contribution in [0.3, 0.4) is 0 Å². The molecule has 0 N–H and O–H groups in total. The van der Waals surface area contributed by atoms with Gasteiger partial charge in [0.05, 0.1) is 17.6 Å². The van der Waals surface area contributed by atoms with Crippen molar-refractivity contribution in [3.63, 3.8) is 0 Å². The van der Waals surface area contributed by atoms with E-state index in [0.717, 1.165) is 56.9 Å². The predicted molar refractivity (Wildman–Crippen MR) is 124 cm³/mol. The largest absolute Gasteiger partial charge is 0.416 e. The highest BCUT2D eigenvalue weighted by Gasteiger charge is 2.49. The molecule has 2 heterocycles. The number of hydrogen-bond acceptors (Lipinski definition) is 3. The summed E-state index contributed by atoms with van der Waals surface area (Å²) in [5.41, 5.74) is 0.390.